The number of aliphatic hydroxyl groups excluding tert-OH is 1. The molecular formula is C17H13ClFNO. The predicted octanol–water partition coefficient (Wildman–Crippen LogP) is 4.56. The van der Waals surface area contributed by atoms with E-state index in [9.17, 15) is 9.50 Å². The van der Waals surface area contributed by atoms with Gasteiger partial charge in [0.15, 0.2) is 0 Å². The molecule has 1 unspecified atom stereocenters. The van der Waals surface area contributed by atoms with Crippen LogP contribution in [-0.4, -0.2) is 10.1 Å². The molecule has 2 nitrogen and oxygen atoms in total. The SMILES string of the molecule is OC(c1ccc(F)cc1)c1c[nH]cc1-c1ccc(Cl)cc1. The van der Waals surface area contributed by atoms with Gasteiger partial charge in [-0.2, -0.15) is 0 Å². The van der Waals surface area contributed by atoms with Gasteiger partial charge in [0.05, 0.1) is 0 Å². The average molecular weight is 302 g/mol. The summed E-state index contributed by atoms with van der Waals surface area (Å²) in [7, 11) is 0. The van der Waals surface area contributed by atoms with E-state index in [0.717, 1.165) is 16.7 Å². The largest absolute Gasteiger partial charge is 0.384 e. The Labute approximate surface area is 126 Å². The van der Waals surface area contributed by atoms with Crippen LogP contribution in [0, 0.1) is 5.82 Å². The maximum absolute atomic E-state index is 13.0. The van der Waals surface area contributed by atoms with Crippen LogP contribution < -0.4 is 0 Å². The number of rotatable bonds is 3. The molecule has 0 bridgehead atoms. The second kappa shape index (κ2) is 5.72. The average Bonchev–Trinajstić information content (AvgIpc) is 2.97. The summed E-state index contributed by atoms with van der Waals surface area (Å²) in [5.41, 5.74) is 3.23. The summed E-state index contributed by atoms with van der Waals surface area (Å²) in [5, 5.41) is 11.2. The van der Waals surface area contributed by atoms with Gasteiger partial charge in [0.2, 0.25) is 0 Å². The number of aliphatic hydroxyl groups is 1. The molecule has 0 aliphatic carbocycles. The lowest BCUT2D eigenvalue weighted by atomic mass is 9.97. The highest BCUT2D eigenvalue weighted by Gasteiger charge is 2.16. The molecule has 0 aliphatic heterocycles. The Morgan fingerprint density at radius 1 is 0.952 bits per heavy atom. The monoisotopic (exact) mass is 301 g/mol. The number of hydrogen-bond acceptors (Lipinski definition) is 1. The van der Waals surface area contributed by atoms with Crippen LogP contribution in [0.2, 0.25) is 5.02 Å². The molecule has 3 aromatic rings. The van der Waals surface area contributed by atoms with Crippen molar-refractivity contribution in [1.82, 2.24) is 4.98 Å². The first-order valence-corrected chi connectivity index (χ1v) is 6.89. The second-order valence-corrected chi connectivity index (χ2v) is 5.22. The van der Waals surface area contributed by atoms with Crippen molar-refractivity contribution in [1.29, 1.82) is 0 Å². The molecule has 0 spiro atoms. The molecule has 1 heterocycles. The van der Waals surface area contributed by atoms with Crippen molar-refractivity contribution in [3.8, 4) is 11.1 Å². The van der Waals surface area contributed by atoms with E-state index < -0.39 is 6.10 Å². The molecule has 2 aromatic carbocycles. The second-order valence-electron chi connectivity index (χ2n) is 4.79. The summed E-state index contributed by atoms with van der Waals surface area (Å²) in [4.78, 5) is 3.01. The molecule has 1 aromatic heterocycles. The summed E-state index contributed by atoms with van der Waals surface area (Å²) in [6.07, 6.45) is 2.76. The van der Waals surface area contributed by atoms with E-state index in [1.54, 1.807) is 30.5 Å². The van der Waals surface area contributed by atoms with Crippen molar-refractivity contribution in [2.24, 2.45) is 0 Å². The van der Waals surface area contributed by atoms with Gasteiger partial charge in [-0.15, -0.1) is 0 Å². The van der Waals surface area contributed by atoms with Crippen LogP contribution in [0.1, 0.15) is 17.2 Å². The molecule has 4 heteroatoms. The molecule has 0 amide bonds. The van der Waals surface area contributed by atoms with Gasteiger partial charge < -0.3 is 10.1 Å². The fourth-order valence-corrected chi connectivity index (χ4v) is 2.43. The summed E-state index contributed by atoms with van der Waals surface area (Å²) in [6.45, 7) is 0. The summed E-state index contributed by atoms with van der Waals surface area (Å²) in [6, 6.07) is 13.2. The molecule has 106 valence electrons. The normalized spacial score (nSPS) is 12.3. The van der Waals surface area contributed by atoms with E-state index >= 15 is 0 Å². The molecule has 0 saturated heterocycles. The van der Waals surface area contributed by atoms with Crippen LogP contribution in [-0.2, 0) is 0 Å². The van der Waals surface area contributed by atoms with E-state index in [2.05, 4.69) is 4.98 Å². The molecule has 0 radical (unpaired) electrons. The van der Waals surface area contributed by atoms with Gasteiger partial charge in [-0.05, 0) is 35.4 Å². The number of hydrogen-bond donors (Lipinski definition) is 2. The number of aromatic amines is 1. The summed E-state index contributed by atoms with van der Waals surface area (Å²) >= 11 is 5.89. The van der Waals surface area contributed by atoms with Crippen LogP contribution in [0.5, 0.6) is 0 Å². The zero-order chi connectivity index (χ0) is 14.8. The van der Waals surface area contributed by atoms with Crippen LogP contribution >= 0.6 is 11.6 Å². The van der Waals surface area contributed by atoms with Gasteiger partial charge in [0, 0.05) is 28.5 Å². The molecule has 0 saturated carbocycles. The van der Waals surface area contributed by atoms with Gasteiger partial charge in [-0.1, -0.05) is 35.9 Å². The minimum absolute atomic E-state index is 0.321. The van der Waals surface area contributed by atoms with Crippen LogP contribution in [0.3, 0.4) is 0 Å². The van der Waals surface area contributed by atoms with Crippen LogP contribution in [0.15, 0.2) is 60.9 Å². The highest BCUT2D eigenvalue weighted by atomic mass is 35.5. The van der Waals surface area contributed by atoms with Crippen molar-refractivity contribution in [2.45, 2.75) is 6.10 Å². The number of nitrogens with one attached hydrogen (secondary N) is 1. The van der Waals surface area contributed by atoms with E-state index in [-0.39, 0.29) is 5.82 Å². The third-order valence-electron chi connectivity index (χ3n) is 3.41. The first-order chi connectivity index (χ1) is 10.1. The lowest BCUT2D eigenvalue weighted by molar-refractivity contribution is 0.221. The predicted molar refractivity (Wildman–Crippen MR) is 81.7 cm³/mol. The van der Waals surface area contributed by atoms with Crippen molar-refractivity contribution in [2.75, 3.05) is 0 Å². The zero-order valence-corrected chi connectivity index (χ0v) is 11.8. The molecule has 2 N–H and O–H groups in total. The van der Waals surface area contributed by atoms with Crippen LogP contribution in [0.4, 0.5) is 4.39 Å². The van der Waals surface area contributed by atoms with Gasteiger partial charge in [-0.25, -0.2) is 4.39 Å². The Balaban J connectivity index is 1.98. The smallest absolute Gasteiger partial charge is 0.123 e. The maximum atomic E-state index is 13.0. The number of benzene rings is 2. The number of halogens is 2. The van der Waals surface area contributed by atoms with E-state index in [1.807, 2.05) is 18.3 Å². The zero-order valence-electron chi connectivity index (χ0n) is 11.1. The van der Waals surface area contributed by atoms with Crippen molar-refractivity contribution in [3.05, 3.63) is 82.9 Å². The topological polar surface area (TPSA) is 36.0 Å². The lowest BCUT2D eigenvalue weighted by Crippen LogP contribution is -2.00. The third-order valence-corrected chi connectivity index (χ3v) is 3.67. The Bertz CT molecular complexity index is 734. The quantitative estimate of drug-likeness (QED) is 0.731. The summed E-state index contributed by atoms with van der Waals surface area (Å²) in [5.74, 6) is -0.321. The fourth-order valence-electron chi connectivity index (χ4n) is 2.31. The molecule has 0 aliphatic rings. The minimum atomic E-state index is -0.817. The number of aromatic nitrogens is 1. The first-order valence-electron chi connectivity index (χ1n) is 6.51. The Hall–Kier alpha value is -2.10. The van der Waals surface area contributed by atoms with Gasteiger partial charge >= 0.3 is 0 Å². The van der Waals surface area contributed by atoms with Crippen molar-refractivity contribution in [3.63, 3.8) is 0 Å². The molecule has 3 rings (SSSR count). The van der Waals surface area contributed by atoms with Gasteiger partial charge in [-0.3, -0.25) is 0 Å². The standard InChI is InChI=1S/C17H13ClFNO/c18-13-5-1-11(2-6-13)15-9-20-10-16(15)17(21)12-3-7-14(19)8-4-12/h1-10,17,20-21H. The van der Waals surface area contributed by atoms with Gasteiger partial charge in [0.1, 0.15) is 11.9 Å². The molecule has 1 atom stereocenters. The minimum Gasteiger partial charge on any atom is -0.384 e. The van der Waals surface area contributed by atoms with Crippen molar-refractivity contribution >= 4 is 11.6 Å². The van der Waals surface area contributed by atoms with Crippen molar-refractivity contribution < 1.29 is 9.50 Å². The summed E-state index contributed by atoms with van der Waals surface area (Å²) < 4.78 is 13.0. The highest BCUT2D eigenvalue weighted by Crippen LogP contribution is 2.32. The third kappa shape index (κ3) is 2.84. The molecule has 21 heavy (non-hydrogen) atoms. The molecule has 0 fully saturated rings. The van der Waals surface area contributed by atoms with Gasteiger partial charge in [0.25, 0.3) is 0 Å². The Morgan fingerprint density at radius 3 is 2.29 bits per heavy atom. The van der Waals surface area contributed by atoms with Crippen LogP contribution in [0.25, 0.3) is 11.1 Å². The Kier molecular flexibility index (Phi) is 3.78. The fraction of sp³-hybridized carbons (Fsp3) is 0.0588. The number of H-pyrrole nitrogens is 1. The van der Waals surface area contributed by atoms with E-state index in [0.29, 0.717) is 10.6 Å². The maximum Gasteiger partial charge on any atom is 0.123 e. The molecular weight excluding hydrogens is 289 g/mol. The van der Waals surface area contributed by atoms with E-state index in [1.165, 1.54) is 12.1 Å². The van der Waals surface area contributed by atoms with E-state index in [4.69, 9.17) is 11.6 Å². The lowest BCUT2D eigenvalue weighted by Gasteiger charge is -2.12. The Morgan fingerprint density at radius 2 is 1.62 bits per heavy atom. The first kappa shape index (κ1) is 13.9. The highest BCUT2D eigenvalue weighted by molar-refractivity contribution is 6.30.